The Morgan fingerprint density at radius 2 is 1.73 bits per heavy atom. The quantitative estimate of drug-likeness (QED) is 0.344. The van der Waals surface area contributed by atoms with Crippen LogP contribution in [0, 0.1) is 0 Å². The first-order valence-electron chi connectivity index (χ1n) is 10.0. The molecule has 3 aromatic carbocycles. The lowest BCUT2D eigenvalue weighted by molar-refractivity contribution is -0.113. The maximum atomic E-state index is 12.7. The first-order chi connectivity index (χ1) is 16.1. The molecule has 4 aromatic rings. The van der Waals surface area contributed by atoms with Gasteiger partial charge >= 0.3 is 0 Å². The number of amides is 2. The minimum Gasteiger partial charge on any atom is -0.411 e. The molecule has 0 radical (unpaired) electrons. The number of thioether (sulfide) groups is 1. The van der Waals surface area contributed by atoms with E-state index in [1.54, 1.807) is 48.5 Å². The molecular formula is C24H19ClN4O3S. The number of nitrogens with zero attached hydrogens (tertiary/aromatic N) is 2. The third kappa shape index (κ3) is 6.21. The molecule has 7 nitrogen and oxygen atoms in total. The number of nitrogens with one attached hydrogen (secondary N) is 2. The third-order valence-corrected chi connectivity index (χ3v) is 5.60. The molecule has 33 heavy (non-hydrogen) atoms. The molecular weight excluding hydrogens is 460 g/mol. The van der Waals surface area contributed by atoms with Gasteiger partial charge in [0.15, 0.2) is 0 Å². The van der Waals surface area contributed by atoms with Crippen molar-refractivity contribution in [2.45, 2.75) is 11.8 Å². The van der Waals surface area contributed by atoms with Gasteiger partial charge in [-0.15, -0.1) is 10.2 Å². The smallest absolute Gasteiger partial charge is 0.277 e. The second-order valence-electron chi connectivity index (χ2n) is 6.93. The zero-order valence-electron chi connectivity index (χ0n) is 17.3. The summed E-state index contributed by atoms with van der Waals surface area (Å²) < 4.78 is 5.60. The Kier molecular flexibility index (Phi) is 7.39. The van der Waals surface area contributed by atoms with E-state index in [2.05, 4.69) is 20.8 Å². The van der Waals surface area contributed by atoms with Crippen molar-refractivity contribution in [2.75, 3.05) is 11.1 Å². The number of benzene rings is 3. The van der Waals surface area contributed by atoms with Gasteiger partial charge in [0.1, 0.15) is 0 Å². The Labute approximate surface area is 199 Å². The first-order valence-corrected chi connectivity index (χ1v) is 11.4. The first kappa shape index (κ1) is 22.6. The zero-order valence-corrected chi connectivity index (χ0v) is 18.9. The van der Waals surface area contributed by atoms with Crippen molar-refractivity contribution in [3.8, 4) is 11.5 Å². The predicted molar refractivity (Wildman–Crippen MR) is 128 cm³/mol. The van der Waals surface area contributed by atoms with Crippen molar-refractivity contribution in [2.24, 2.45) is 0 Å². The molecule has 0 spiro atoms. The molecule has 166 valence electrons. The van der Waals surface area contributed by atoms with Crippen LogP contribution in [0.4, 0.5) is 5.69 Å². The lowest BCUT2D eigenvalue weighted by Gasteiger charge is -2.11. The largest absolute Gasteiger partial charge is 0.411 e. The molecule has 0 bridgehead atoms. The van der Waals surface area contributed by atoms with Gasteiger partial charge in [0.2, 0.25) is 11.8 Å². The molecule has 0 atom stereocenters. The number of rotatable bonds is 8. The minimum atomic E-state index is -0.300. The molecule has 0 saturated heterocycles. The van der Waals surface area contributed by atoms with E-state index < -0.39 is 0 Å². The second kappa shape index (κ2) is 10.8. The number of aromatic nitrogens is 2. The number of carbonyl (C=O) groups excluding carboxylic acids is 2. The van der Waals surface area contributed by atoms with Crippen molar-refractivity contribution < 1.29 is 14.0 Å². The third-order valence-electron chi connectivity index (χ3n) is 4.55. The Morgan fingerprint density at radius 1 is 0.939 bits per heavy atom. The molecule has 2 amide bonds. The van der Waals surface area contributed by atoms with Gasteiger partial charge in [-0.25, -0.2) is 0 Å². The zero-order chi connectivity index (χ0) is 23.0. The molecule has 0 aliphatic rings. The Hall–Kier alpha value is -3.62. The monoisotopic (exact) mass is 478 g/mol. The maximum absolute atomic E-state index is 12.7. The summed E-state index contributed by atoms with van der Waals surface area (Å²) in [6.07, 6.45) is 0. The van der Waals surface area contributed by atoms with Gasteiger partial charge in [-0.2, -0.15) is 0 Å². The molecule has 0 aliphatic carbocycles. The van der Waals surface area contributed by atoms with Crippen molar-refractivity contribution in [1.82, 2.24) is 15.5 Å². The lowest BCUT2D eigenvalue weighted by Crippen LogP contribution is -2.25. The van der Waals surface area contributed by atoms with Crippen LogP contribution in [0.2, 0.25) is 5.02 Å². The van der Waals surface area contributed by atoms with E-state index in [4.69, 9.17) is 16.0 Å². The highest BCUT2D eigenvalue weighted by molar-refractivity contribution is 7.99. The van der Waals surface area contributed by atoms with E-state index >= 15 is 0 Å². The van der Waals surface area contributed by atoms with Crippen LogP contribution in [0.15, 0.2) is 88.5 Å². The summed E-state index contributed by atoms with van der Waals surface area (Å²) in [5, 5.41) is 14.4. The normalized spacial score (nSPS) is 10.6. The van der Waals surface area contributed by atoms with Crippen LogP contribution < -0.4 is 10.6 Å². The van der Waals surface area contributed by atoms with E-state index in [-0.39, 0.29) is 22.8 Å². The van der Waals surface area contributed by atoms with Crippen molar-refractivity contribution in [1.29, 1.82) is 0 Å². The summed E-state index contributed by atoms with van der Waals surface area (Å²) in [4.78, 5) is 25.1. The SMILES string of the molecule is O=C(CSc1nnc(-c2cccc(Cl)c2)o1)Nc1ccccc1C(=O)NCc1ccccc1. The summed E-state index contributed by atoms with van der Waals surface area (Å²) in [5.74, 6) is -0.214. The predicted octanol–water partition coefficient (Wildman–Crippen LogP) is 5.05. The van der Waals surface area contributed by atoms with Gasteiger partial charge in [0, 0.05) is 17.1 Å². The van der Waals surface area contributed by atoms with Gasteiger partial charge in [-0.3, -0.25) is 9.59 Å². The standard InChI is InChI=1S/C24H19ClN4O3S/c25-18-10-6-9-17(13-18)23-28-29-24(32-23)33-15-21(30)27-20-12-5-4-11-19(20)22(31)26-14-16-7-2-1-3-8-16/h1-13H,14-15H2,(H,26,31)(H,27,30). The van der Waals surface area contributed by atoms with Crippen molar-refractivity contribution in [3.63, 3.8) is 0 Å². The number of para-hydroxylation sites is 1. The summed E-state index contributed by atoms with van der Waals surface area (Å²) in [7, 11) is 0. The number of carbonyl (C=O) groups is 2. The average molecular weight is 479 g/mol. The highest BCUT2D eigenvalue weighted by Gasteiger charge is 2.15. The summed E-state index contributed by atoms with van der Waals surface area (Å²) in [5.41, 5.74) is 2.49. The number of hydrogen-bond acceptors (Lipinski definition) is 6. The van der Waals surface area contributed by atoms with E-state index in [1.807, 2.05) is 30.3 Å². The summed E-state index contributed by atoms with van der Waals surface area (Å²) in [6.45, 7) is 0.393. The molecule has 0 unspecified atom stereocenters. The van der Waals surface area contributed by atoms with Crippen molar-refractivity contribution >= 4 is 40.9 Å². The van der Waals surface area contributed by atoms with E-state index in [0.717, 1.165) is 17.3 Å². The lowest BCUT2D eigenvalue weighted by atomic mass is 10.1. The van der Waals surface area contributed by atoms with Crippen LogP contribution in [-0.4, -0.2) is 27.8 Å². The Bertz CT molecular complexity index is 1260. The van der Waals surface area contributed by atoms with Crippen LogP contribution in [0.5, 0.6) is 0 Å². The highest BCUT2D eigenvalue weighted by Crippen LogP contribution is 2.25. The molecule has 4 rings (SSSR count). The molecule has 0 saturated carbocycles. The molecule has 1 aromatic heterocycles. The molecule has 0 fully saturated rings. The number of halogens is 1. The van der Waals surface area contributed by atoms with Gasteiger partial charge < -0.3 is 15.1 Å². The van der Waals surface area contributed by atoms with Crippen LogP contribution in [-0.2, 0) is 11.3 Å². The van der Waals surface area contributed by atoms with Gasteiger partial charge in [-0.1, -0.05) is 71.9 Å². The molecule has 9 heteroatoms. The van der Waals surface area contributed by atoms with Gasteiger partial charge in [-0.05, 0) is 35.9 Å². The van der Waals surface area contributed by atoms with E-state index in [0.29, 0.717) is 34.3 Å². The average Bonchev–Trinajstić information content (AvgIpc) is 3.31. The highest BCUT2D eigenvalue weighted by atomic mass is 35.5. The number of anilines is 1. The Morgan fingerprint density at radius 3 is 2.55 bits per heavy atom. The van der Waals surface area contributed by atoms with E-state index in [1.165, 1.54) is 0 Å². The van der Waals surface area contributed by atoms with Crippen LogP contribution in [0.25, 0.3) is 11.5 Å². The molecule has 0 aliphatic heterocycles. The van der Waals surface area contributed by atoms with E-state index in [9.17, 15) is 9.59 Å². The fourth-order valence-corrected chi connectivity index (χ4v) is 3.74. The van der Waals surface area contributed by atoms with Crippen molar-refractivity contribution in [3.05, 3.63) is 95.0 Å². The van der Waals surface area contributed by atoms with Crippen LogP contribution >= 0.6 is 23.4 Å². The van der Waals surface area contributed by atoms with Crippen LogP contribution in [0.3, 0.4) is 0 Å². The molecule has 1 heterocycles. The topological polar surface area (TPSA) is 97.1 Å². The fourth-order valence-electron chi connectivity index (χ4n) is 2.98. The Balaban J connectivity index is 1.34. The second-order valence-corrected chi connectivity index (χ2v) is 8.30. The maximum Gasteiger partial charge on any atom is 0.277 e. The number of hydrogen-bond donors (Lipinski definition) is 2. The summed E-state index contributed by atoms with van der Waals surface area (Å²) >= 11 is 7.09. The fraction of sp³-hybridized carbons (Fsp3) is 0.0833. The minimum absolute atomic E-state index is 0.0388. The summed E-state index contributed by atoms with van der Waals surface area (Å²) in [6, 6.07) is 23.5. The molecule has 2 N–H and O–H groups in total. The van der Waals surface area contributed by atoms with Gasteiger partial charge in [0.05, 0.1) is 17.0 Å². The van der Waals surface area contributed by atoms with Crippen LogP contribution in [0.1, 0.15) is 15.9 Å². The van der Waals surface area contributed by atoms with Gasteiger partial charge in [0.25, 0.3) is 11.1 Å².